The van der Waals surface area contributed by atoms with Crippen LogP contribution in [-0.2, 0) is 11.3 Å². The summed E-state index contributed by atoms with van der Waals surface area (Å²) in [6.07, 6.45) is 0.296. The lowest BCUT2D eigenvalue weighted by molar-refractivity contribution is 0.0614. The maximum absolute atomic E-state index is 10.3. The lowest BCUT2D eigenvalue weighted by atomic mass is 9.80. The van der Waals surface area contributed by atoms with Crippen molar-refractivity contribution in [2.24, 2.45) is 5.92 Å². The zero-order chi connectivity index (χ0) is 20.5. The van der Waals surface area contributed by atoms with Gasteiger partial charge in [0, 0.05) is 43.5 Å². The highest BCUT2D eigenvalue weighted by molar-refractivity contribution is 5.32. The summed E-state index contributed by atoms with van der Waals surface area (Å²) < 4.78 is 16.8. The molecule has 0 aliphatic carbocycles. The van der Waals surface area contributed by atoms with E-state index < -0.39 is 6.10 Å². The fourth-order valence-corrected chi connectivity index (χ4v) is 3.80. The Morgan fingerprint density at radius 2 is 1.83 bits per heavy atom. The highest BCUT2D eigenvalue weighted by Crippen LogP contribution is 2.31. The van der Waals surface area contributed by atoms with Crippen LogP contribution in [0.1, 0.15) is 23.5 Å². The van der Waals surface area contributed by atoms with Crippen molar-refractivity contribution in [3.05, 3.63) is 59.7 Å². The van der Waals surface area contributed by atoms with Gasteiger partial charge in [-0.25, -0.2) is 0 Å². The minimum Gasteiger partial charge on any atom is -0.496 e. The van der Waals surface area contributed by atoms with Crippen molar-refractivity contribution in [2.75, 3.05) is 40.0 Å². The van der Waals surface area contributed by atoms with E-state index in [-0.39, 0.29) is 18.4 Å². The maximum Gasteiger partial charge on any atom is 0.124 e. The number of ether oxygens (including phenoxy) is 3. The molecular formula is C23H31NO5. The van der Waals surface area contributed by atoms with Gasteiger partial charge in [0.2, 0.25) is 0 Å². The Kier molecular flexibility index (Phi) is 8.31. The van der Waals surface area contributed by atoms with E-state index in [2.05, 4.69) is 5.32 Å². The molecule has 2 aromatic rings. The van der Waals surface area contributed by atoms with Crippen LogP contribution in [0.3, 0.4) is 0 Å². The quantitative estimate of drug-likeness (QED) is 0.531. The molecule has 1 heterocycles. The van der Waals surface area contributed by atoms with Gasteiger partial charge in [-0.2, -0.15) is 0 Å². The van der Waals surface area contributed by atoms with E-state index in [4.69, 9.17) is 14.2 Å². The minimum atomic E-state index is -0.493. The molecule has 3 N–H and O–H groups in total. The third-order valence-electron chi connectivity index (χ3n) is 5.33. The van der Waals surface area contributed by atoms with E-state index in [1.54, 1.807) is 7.11 Å². The number of piperidine rings is 1. The number of hydrogen-bond acceptors (Lipinski definition) is 6. The van der Waals surface area contributed by atoms with Crippen molar-refractivity contribution >= 4 is 0 Å². The number of hydrogen-bond donors (Lipinski definition) is 3. The molecule has 1 aliphatic heterocycles. The average molecular weight is 402 g/mol. The van der Waals surface area contributed by atoms with Crippen LogP contribution >= 0.6 is 0 Å². The van der Waals surface area contributed by atoms with E-state index >= 15 is 0 Å². The molecule has 29 heavy (non-hydrogen) atoms. The number of nitrogens with one attached hydrogen (secondary N) is 1. The monoisotopic (exact) mass is 401 g/mol. The van der Waals surface area contributed by atoms with E-state index in [9.17, 15) is 10.2 Å². The number of β-amino-alcohol motifs (C(OH)–C–C–N with tert-alkyl or cyclic N) is 1. The highest BCUT2D eigenvalue weighted by Gasteiger charge is 2.32. The first-order valence-corrected chi connectivity index (χ1v) is 10.1. The molecule has 0 spiro atoms. The smallest absolute Gasteiger partial charge is 0.124 e. The largest absolute Gasteiger partial charge is 0.496 e. The summed E-state index contributed by atoms with van der Waals surface area (Å²) in [7, 11) is 1.66. The first kappa shape index (κ1) is 21.6. The molecule has 1 aliphatic rings. The maximum atomic E-state index is 10.3. The first-order valence-electron chi connectivity index (χ1n) is 10.1. The van der Waals surface area contributed by atoms with Crippen LogP contribution in [0, 0.1) is 5.92 Å². The van der Waals surface area contributed by atoms with Crippen LogP contribution in [0.25, 0.3) is 0 Å². The fraction of sp³-hybridized carbons (Fsp3) is 0.478. The molecule has 3 rings (SSSR count). The number of aliphatic hydroxyl groups excluding tert-OH is 2. The SMILES string of the molecule is COc1ccccc1COCCCOc1ccc([C@H]2[C@H](CO)CNC[C@@H]2O)cc1. The zero-order valence-corrected chi connectivity index (χ0v) is 16.9. The van der Waals surface area contributed by atoms with Crippen LogP contribution in [0.5, 0.6) is 11.5 Å². The van der Waals surface area contributed by atoms with Crippen LogP contribution in [0.15, 0.2) is 48.5 Å². The predicted octanol–water partition coefficient (Wildman–Crippen LogP) is 2.34. The normalized spacial score (nSPS) is 21.7. The van der Waals surface area contributed by atoms with E-state index in [0.29, 0.717) is 32.9 Å². The van der Waals surface area contributed by atoms with Gasteiger partial charge in [-0.1, -0.05) is 30.3 Å². The summed E-state index contributed by atoms with van der Waals surface area (Å²) in [6.45, 7) is 3.01. The number of para-hydroxylation sites is 1. The van der Waals surface area contributed by atoms with Gasteiger partial charge in [-0.3, -0.25) is 0 Å². The second-order valence-electron chi connectivity index (χ2n) is 7.33. The molecule has 1 fully saturated rings. The van der Waals surface area contributed by atoms with Gasteiger partial charge in [-0.05, 0) is 23.8 Å². The summed E-state index contributed by atoms with van der Waals surface area (Å²) in [5.74, 6) is 1.60. The number of rotatable bonds is 10. The Morgan fingerprint density at radius 3 is 2.59 bits per heavy atom. The molecule has 0 radical (unpaired) electrons. The number of methoxy groups -OCH3 is 1. The van der Waals surface area contributed by atoms with Gasteiger partial charge >= 0.3 is 0 Å². The molecule has 6 heteroatoms. The van der Waals surface area contributed by atoms with Crippen molar-refractivity contribution < 1.29 is 24.4 Å². The van der Waals surface area contributed by atoms with Gasteiger partial charge < -0.3 is 29.7 Å². The molecule has 0 bridgehead atoms. The molecule has 0 amide bonds. The van der Waals surface area contributed by atoms with E-state index in [1.807, 2.05) is 48.5 Å². The number of aliphatic hydroxyl groups is 2. The van der Waals surface area contributed by atoms with Gasteiger partial charge in [0.1, 0.15) is 11.5 Å². The Bertz CT molecular complexity index is 736. The predicted molar refractivity (Wildman–Crippen MR) is 111 cm³/mol. The van der Waals surface area contributed by atoms with E-state index in [0.717, 1.165) is 29.0 Å². The molecular weight excluding hydrogens is 370 g/mol. The van der Waals surface area contributed by atoms with Crippen molar-refractivity contribution in [3.63, 3.8) is 0 Å². The van der Waals surface area contributed by atoms with E-state index in [1.165, 1.54) is 0 Å². The summed E-state index contributed by atoms with van der Waals surface area (Å²) >= 11 is 0. The number of benzene rings is 2. The Labute approximate surface area is 172 Å². The highest BCUT2D eigenvalue weighted by atomic mass is 16.5. The summed E-state index contributed by atoms with van der Waals surface area (Å²) in [5.41, 5.74) is 2.07. The molecule has 158 valence electrons. The van der Waals surface area contributed by atoms with Gasteiger partial charge in [0.25, 0.3) is 0 Å². The standard InChI is InChI=1S/C23H31NO5/c1-27-22-6-3-2-5-18(22)16-28-11-4-12-29-20-9-7-17(8-10-20)23-19(15-25)13-24-14-21(23)26/h2-3,5-10,19,21,23-26H,4,11-16H2,1H3/t19-,21-,23-/m0/s1. The fourth-order valence-electron chi connectivity index (χ4n) is 3.80. The first-order chi connectivity index (χ1) is 14.2. The van der Waals surface area contributed by atoms with Gasteiger partial charge in [0.15, 0.2) is 0 Å². The summed E-state index contributed by atoms with van der Waals surface area (Å²) in [4.78, 5) is 0. The van der Waals surface area contributed by atoms with Gasteiger partial charge in [-0.15, -0.1) is 0 Å². The molecule has 3 atom stereocenters. The molecule has 0 saturated carbocycles. The second-order valence-corrected chi connectivity index (χ2v) is 7.33. The lowest BCUT2D eigenvalue weighted by Crippen LogP contribution is -2.46. The summed E-state index contributed by atoms with van der Waals surface area (Å²) in [5, 5.41) is 23.0. The third-order valence-corrected chi connectivity index (χ3v) is 5.33. The molecule has 2 aromatic carbocycles. The molecule has 0 unspecified atom stereocenters. The Hall–Kier alpha value is -2.12. The van der Waals surface area contributed by atoms with Crippen molar-refractivity contribution in [1.82, 2.24) is 5.32 Å². The van der Waals surface area contributed by atoms with Gasteiger partial charge in [0.05, 0.1) is 33.0 Å². The average Bonchev–Trinajstić information content (AvgIpc) is 2.76. The van der Waals surface area contributed by atoms with Crippen LogP contribution < -0.4 is 14.8 Å². The summed E-state index contributed by atoms with van der Waals surface area (Å²) in [6, 6.07) is 15.7. The van der Waals surface area contributed by atoms with Crippen molar-refractivity contribution in [3.8, 4) is 11.5 Å². The minimum absolute atomic E-state index is 0.0194. The Morgan fingerprint density at radius 1 is 1.03 bits per heavy atom. The van der Waals surface area contributed by atoms with Crippen molar-refractivity contribution in [2.45, 2.75) is 25.0 Å². The zero-order valence-electron chi connectivity index (χ0n) is 16.9. The third kappa shape index (κ3) is 5.93. The van der Waals surface area contributed by atoms with Crippen LogP contribution in [-0.4, -0.2) is 56.3 Å². The molecule has 6 nitrogen and oxygen atoms in total. The van der Waals surface area contributed by atoms with Crippen LogP contribution in [0.4, 0.5) is 0 Å². The Balaban J connectivity index is 1.40. The molecule has 1 saturated heterocycles. The van der Waals surface area contributed by atoms with Crippen molar-refractivity contribution in [1.29, 1.82) is 0 Å². The topological polar surface area (TPSA) is 80.2 Å². The lowest BCUT2D eigenvalue weighted by Gasteiger charge is -2.35. The second kappa shape index (κ2) is 11.2. The molecule has 0 aromatic heterocycles. The van der Waals surface area contributed by atoms with Crippen LogP contribution in [0.2, 0.25) is 0 Å².